The smallest absolute Gasteiger partial charge is 0.420 e. The number of alkyl halides is 6. The molecule has 2 aromatic carbocycles. The molecule has 2 aromatic rings. The molecule has 0 fully saturated rings. The van der Waals surface area contributed by atoms with Crippen LogP contribution in [0.3, 0.4) is 0 Å². The molecule has 2 N–H and O–H groups in total. The predicted octanol–water partition coefficient (Wildman–Crippen LogP) is 5.42. The molecule has 0 aliphatic carbocycles. The van der Waals surface area contributed by atoms with Crippen molar-refractivity contribution >= 4 is 0 Å². The van der Waals surface area contributed by atoms with Gasteiger partial charge in [-0.05, 0) is 48.2 Å². The van der Waals surface area contributed by atoms with Crippen LogP contribution in [0.1, 0.15) is 22.3 Å². The number of phenols is 2. The summed E-state index contributed by atoms with van der Waals surface area (Å²) in [6.07, 6.45) is -9.52. The molecular formula is C16H12F6O2. The molecule has 0 heterocycles. The Balaban J connectivity index is 2.63. The highest BCUT2D eigenvalue weighted by Crippen LogP contribution is 2.43. The number of aromatic hydroxyl groups is 2. The van der Waals surface area contributed by atoms with E-state index in [0.717, 1.165) is 38.1 Å². The summed E-state index contributed by atoms with van der Waals surface area (Å²) in [6.45, 7) is 2.26. The molecule has 0 saturated carbocycles. The average Bonchev–Trinajstić information content (AvgIpc) is 2.33. The molecule has 0 unspecified atom stereocenters. The third-order valence-electron chi connectivity index (χ3n) is 3.53. The fraction of sp³-hybridized carbons (Fsp3) is 0.250. The lowest BCUT2D eigenvalue weighted by molar-refractivity contribution is -0.140. The molecule has 8 heteroatoms. The highest BCUT2D eigenvalue weighted by atomic mass is 19.4. The second-order valence-corrected chi connectivity index (χ2v) is 5.37. The van der Waals surface area contributed by atoms with E-state index >= 15 is 0 Å². The van der Waals surface area contributed by atoms with Crippen molar-refractivity contribution in [3.63, 3.8) is 0 Å². The Hall–Kier alpha value is -2.38. The van der Waals surface area contributed by atoms with E-state index in [1.165, 1.54) is 0 Å². The average molecular weight is 350 g/mol. The molecule has 0 spiro atoms. The fourth-order valence-electron chi connectivity index (χ4n) is 2.61. The van der Waals surface area contributed by atoms with Crippen LogP contribution in [0.5, 0.6) is 11.5 Å². The van der Waals surface area contributed by atoms with Crippen LogP contribution in [-0.4, -0.2) is 10.2 Å². The molecular weight excluding hydrogens is 338 g/mol. The van der Waals surface area contributed by atoms with Gasteiger partial charge in [-0.1, -0.05) is 12.1 Å². The lowest BCUT2D eigenvalue weighted by Crippen LogP contribution is -2.09. The number of benzene rings is 2. The van der Waals surface area contributed by atoms with Crippen LogP contribution in [0, 0.1) is 13.8 Å². The molecule has 130 valence electrons. The van der Waals surface area contributed by atoms with Gasteiger partial charge in [-0.15, -0.1) is 0 Å². The molecule has 0 aliphatic heterocycles. The van der Waals surface area contributed by atoms with Gasteiger partial charge in [-0.3, -0.25) is 0 Å². The molecule has 0 atom stereocenters. The van der Waals surface area contributed by atoms with Crippen molar-refractivity contribution in [1.82, 2.24) is 0 Å². The first kappa shape index (κ1) is 18.0. The highest BCUT2D eigenvalue weighted by Gasteiger charge is 2.37. The molecule has 0 aromatic heterocycles. The van der Waals surface area contributed by atoms with Crippen LogP contribution in [0.4, 0.5) is 26.3 Å². The zero-order chi connectivity index (χ0) is 18.4. The fourth-order valence-corrected chi connectivity index (χ4v) is 2.61. The van der Waals surface area contributed by atoms with Gasteiger partial charge in [0.15, 0.2) is 0 Å². The number of rotatable bonds is 1. The number of halogens is 6. The van der Waals surface area contributed by atoms with E-state index < -0.39 is 35.0 Å². The third kappa shape index (κ3) is 3.27. The predicted molar refractivity (Wildman–Crippen MR) is 74.7 cm³/mol. The van der Waals surface area contributed by atoms with E-state index in [1.807, 2.05) is 0 Å². The number of phenolic OH excluding ortho intramolecular Hbond substituents is 2. The first-order valence-electron chi connectivity index (χ1n) is 6.64. The summed E-state index contributed by atoms with van der Waals surface area (Å²) in [5.74, 6) is -2.07. The summed E-state index contributed by atoms with van der Waals surface area (Å²) >= 11 is 0. The Morgan fingerprint density at radius 1 is 0.625 bits per heavy atom. The Morgan fingerprint density at radius 2 is 0.917 bits per heavy atom. The molecule has 0 aliphatic rings. The summed E-state index contributed by atoms with van der Waals surface area (Å²) < 4.78 is 77.0. The summed E-state index contributed by atoms with van der Waals surface area (Å²) in [4.78, 5) is 0. The first-order valence-corrected chi connectivity index (χ1v) is 6.64. The van der Waals surface area contributed by atoms with E-state index in [-0.39, 0.29) is 22.3 Å². The van der Waals surface area contributed by atoms with Gasteiger partial charge in [0.1, 0.15) is 22.6 Å². The topological polar surface area (TPSA) is 40.5 Å². The SMILES string of the molecule is Cc1cc(-c2cc(C)c(C(F)(F)F)c(O)c2)cc(O)c1C(F)(F)F. The van der Waals surface area contributed by atoms with E-state index in [1.54, 1.807) is 0 Å². The van der Waals surface area contributed by atoms with Gasteiger partial charge in [0.2, 0.25) is 0 Å². The van der Waals surface area contributed by atoms with Gasteiger partial charge in [-0.2, -0.15) is 26.3 Å². The molecule has 24 heavy (non-hydrogen) atoms. The van der Waals surface area contributed by atoms with Crippen LogP contribution in [-0.2, 0) is 12.4 Å². The standard InChI is InChI=1S/C16H12F6O2/c1-7-3-9(5-11(23)13(7)15(17,18)19)10-4-8(2)14(12(24)6-10)16(20,21)22/h3-6,23-24H,1-2H3. The highest BCUT2D eigenvalue weighted by molar-refractivity contribution is 5.71. The van der Waals surface area contributed by atoms with Gasteiger partial charge in [-0.25, -0.2) is 0 Å². The molecule has 0 radical (unpaired) electrons. The Kier molecular flexibility index (Phi) is 4.20. The summed E-state index contributed by atoms with van der Waals surface area (Å²) in [5, 5.41) is 19.3. The van der Waals surface area contributed by atoms with Gasteiger partial charge < -0.3 is 10.2 Å². The lowest BCUT2D eigenvalue weighted by atomic mass is 9.95. The van der Waals surface area contributed by atoms with Crippen molar-refractivity contribution in [1.29, 1.82) is 0 Å². The van der Waals surface area contributed by atoms with Crippen molar-refractivity contribution < 1.29 is 36.6 Å². The second-order valence-electron chi connectivity index (χ2n) is 5.37. The number of hydrogen-bond donors (Lipinski definition) is 2. The van der Waals surface area contributed by atoms with E-state index in [4.69, 9.17) is 0 Å². The second kappa shape index (κ2) is 5.61. The summed E-state index contributed by atoms with van der Waals surface area (Å²) in [5.41, 5.74) is -2.86. The zero-order valence-electron chi connectivity index (χ0n) is 12.5. The van der Waals surface area contributed by atoms with Crippen molar-refractivity contribution in [3.8, 4) is 22.6 Å². The Bertz CT molecular complexity index is 677. The summed E-state index contributed by atoms with van der Waals surface area (Å²) in [6, 6.07) is 3.78. The molecule has 2 rings (SSSR count). The number of hydrogen-bond acceptors (Lipinski definition) is 2. The maximum Gasteiger partial charge on any atom is 0.420 e. The van der Waals surface area contributed by atoms with E-state index in [9.17, 15) is 36.6 Å². The van der Waals surface area contributed by atoms with Crippen LogP contribution in [0.15, 0.2) is 24.3 Å². The normalized spacial score (nSPS) is 12.5. The van der Waals surface area contributed by atoms with Crippen molar-refractivity contribution in [2.24, 2.45) is 0 Å². The largest absolute Gasteiger partial charge is 0.507 e. The minimum absolute atomic E-state index is 0.0603. The Labute approximate surface area is 133 Å². The lowest BCUT2D eigenvalue weighted by Gasteiger charge is -2.16. The van der Waals surface area contributed by atoms with Gasteiger partial charge in [0.25, 0.3) is 0 Å². The van der Waals surface area contributed by atoms with Crippen molar-refractivity contribution in [2.75, 3.05) is 0 Å². The minimum atomic E-state index is -4.76. The van der Waals surface area contributed by atoms with Crippen LogP contribution in [0.2, 0.25) is 0 Å². The maximum absolute atomic E-state index is 12.8. The molecule has 0 amide bonds. The Morgan fingerprint density at radius 3 is 1.12 bits per heavy atom. The van der Waals surface area contributed by atoms with Crippen molar-refractivity contribution in [3.05, 3.63) is 46.5 Å². The van der Waals surface area contributed by atoms with E-state index in [0.29, 0.717) is 0 Å². The van der Waals surface area contributed by atoms with Gasteiger partial charge >= 0.3 is 12.4 Å². The molecule has 0 bridgehead atoms. The molecule has 0 saturated heterocycles. The molecule has 2 nitrogen and oxygen atoms in total. The third-order valence-corrected chi connectivity index (χ3v) is 3.53. The number of aryl methyl sites for hydroxylation is 2. The van der Waals surface area contributed by atoms with Crippen molar-refractivity contribution in [2.45, 2.75) is 26.2 Å². The minimum Gasteiger partial charge on any atom is -0.507 e. The monoisotopic (exact) mass is 350 g/mol. The first-order chi connectivity index (χ1) is 10.8. The zero-order valence-corrected chi connectivity index (χ0v) is 12.5. The summed E-state index contributed by atoms with van der Waals surface area (Å²) in [7, 11) is 0. The van der Waals surface area contributed by atoms with Crippen LogP contribution < -0.4 is 0 Å². The quantitative estimate of drug-likeness (QED) is 0.674. The van der Waals surface area contributed by atoms with Crippen LogP contribution in [0.25, 0.3) is 11.1 Å². The van der Waals surface area contributed by atoms with Gasteiger partial charge in [0.05, 0.1) is 0 Å². The van der Waals surface area contributed by atoms with E-state index in [2.05, 4.69) is 0 Å². The van der Waals surface area contributed by atoms with Gasteiger partial charge in [0, 0.05) is 0 Å². The maximum atomic E-state index is 12.8. The van der Waals surface area contributed by atoms with Crippen LogP contribution >= 0.6 is 0 Å².